The largest absolute Gasteiger partial charge is 0.379 e. The van der Waals surface area contributed by atoms with Gasteiger partial charge in [0.25, 0.3) is 0 Å². The maximum absolute atomic E-state index is 5.75. The summed E-state index contributed by atoms with van der Waals surface area (Å²) in [6.45, 7) is 11.2. The molecule has 31 heavy (non-hydrogen) atoms. The molecule has 4 N–H and O–H groups in total. The third-order valence-electron chi connectivity index (χ3n) is 4.48. The number of rotatable bonds is 22. The molecule has 0 heterocycles. The fourth-order valence-corrected chi connectivity index (χ4v) is 2.78. The van der Waals surface area contributed by atoms with Crippen LogP contribution >= 0.6 is 0 Å². The fourth-order valence-electron chi connectivity index (χ4n) is 2.78. The number of hydrogen-bond donors (Lipinski definition) is 2. The van der Waals surface area contributed by atoms with E-state index in [9.17, 15) is 0 Å². The van der Waals surface area contributed by atoms with Crippen molar-refractivity contribution in [2.75, 3.05) is 97.1 Å². The highest BCUT2D eigenvalue weighted by atomic mass is 16.5. The van der Waals surface area contributed by atoms with E-state index in [1.807, 2.05) is 0 Å². The Hall–Kier alpha value is -1.26. The van der Waals surface area contributed by atoms with Crippen LogP contribution in [0.25, 0.3) is 0 Å². The van der Waals surface area contributed by atoms with Crippen LogP contribution in [0.4, 0.5) is 5.69 Å². The minimum atomic E-state index is 0.567. The maximum atomic E-state index is 5.75. The van der Waals surface area contributed by atoms with Crippen molar-refractivity contribution in [1.29, 1.82) is 0 Å². The van der Waals surface area contributed by atoms with Crippen LogP contribution in [0, 0.1) is 6.92 Å². The topological polar surface area (TPSA) is 101 Å². The average molecular weight is 442 g/mol. The molecule has 0 bridgehead atoms. The van der Waals surface area contributed by atoms with Gasteiger partial charge in [0.1, 0.15) is 0 Å². The molecule has 0 fully saturated rings. The first-order chi connectivity index (χ1) is 15.3. The zero-order valence-electron chi connectivity index (χ0n) is 19.3. The van der Waals surface area contributed by atoms with Crippen LogP contribution in [0.1, 0.15) is 18.4 Å². The van der Waals surface area contributed by atoms with Crippen LogP contribution in [0.2, 0.25) is 0 Å². The first-order valence-electron chi connectivity index (χ1n) is 11.4. The molecule has 1 rings (SSSR count). The molecule has 0 radical (unpaired) electrons. The molecular weight excluding hydrogens is 398 g/mol. The third kappa shape index (κ3) is 16.1. The normalized spacial score (nSPS) is 11.2. The Labute approximate surface area is 188 Å². The van der Waals surface area contributed by atoms with E-state index in [1.54, 1.807) is 0 Å². The SMILES string of the molecule is Cc1cccc(N(CCOCCOCCCN)CCOCCOCCOCCCN)c1. The molecule has 1 aromatic rings. The van der Waals surface area contributed by atoms with Crippen molar-refractivity contribution < 1.29 is 23.7 Å². The first-order valence-corrected chi connectivity index (χ1v) is 11.4. The van der Waals surface area contributed by atoms with Gasteiger partial charge in [0, 0.05) is 32.0 Å². The summed E-state index contributed by atoms with van der Waals surface area (Å²) in [7, 11) is 0. The van der Waals surface area contributed by atoms with E-state index in [4.69, 9.17) is 35.2 Å². The van der Waals surface area contributed by atoms with Crippen LogP contribution in [-0.4, -0.2) is 92.2 Å². The van der Waals surface area contributed by atoms with Crippen molar-refractivity contribution in [3.63, 3.8) is 0 Å². The van der Waals surface area contributed by atoms with E-state index < -0.39 is 0 Å². The van der Waals surface area contributed by atoms with Crippen molar-refractivity contribution >= 4 is 5.69 Å². The molecule has 180 valence electrons. The number of nitrogens with two attached hydrogens (primary N) is 2. The molecule has 8 heteroatoms. The van der Waals surface area contributed by atoms with Gasteiger partial charge in [-0.2, -0.15) is 0 Å². The van der Waals surface area contributed by atoms with Gasteiger partial charge in [-0.05, 0) is 50.6 Å². The van der Waals surface area contributed by atoms with Crippen molar-refractivity contribution in [3.05, 3.63) is 29.8 Å². The molecule has 0 aromatic heterocycles. The second kappa shape index (κ2) is 20.6. The predicted octanol–water partition coefficient (Wildman–Crippen LogP) is 1.58. The Kier molecular flexibility index (Phi) is 18.5. The molecule has 0 unspecified atom stereocenters. The van der Waals surface area contributed by atoms with E-state index in [-0.39, 0.29) is 0 Å². The standard InChI is InChI=1S/C23H43N3O5/c1-22-5-2-6-23(21-22)26(9-13-29-17-15-27-11-3-7-24)10-14-30-18-20-31-19-16-28-12-4-8-25/h2,5-6,21H,3-4,7-20,24-25H2,1H3. The predicted molar refractivity (Wildman–Crippen MR) is 125 cm³/mol. The first kappa shape index (κ1) is 27.8. The lowest BCUT2D eigenvalue weighted by Gasteiger charge is -2.25. The summed E-state index contributed by atoms with van der Waals surface area (Å²) in [6, 6.07) is 8.49. The van der Waals surface area contributed by atoms with E-state index >= 15 is 0 Å². The molecule has 0 amide bonds. The Morgan fingerprint density at radius 2 is 1.10 bits per heavy atom. The molecule has 0 spiro atoms. The van der Waals surface area contributed by atoms with Crippen LogP contribution in [0.5, 0.6) is 0 Å². The summed E-state index contributed by atoms with van der Waals surface area (Å²) in [5.74, 6) is 0. The molecule has 8 nitrogen and oxygen atoms in total. The molecule has 0 aliphatic heterocycles. The van der Waals surface area contributed by atoms with Crippen LogP contribution in [0.3, 0.4) is 0 Å². The van der Waals surface area contributed by atoms with E-state index in [1.165, 1.54) is 11.3 Å². The number of anilines is 1. The van der Waals surface area contributed by atoms with E-state index in [0.717, 1.165) is 25.9 Å². The number of hydrogen-bond acceptors (Lipinski definition) is 8. The highest BCUT2D eigenvalue weighted by Gasteiger charge is 2.07. The quantitative estimate of drug-likeness (QED) is 0.262. The summed E-state index contributed by atoms with van der Waals surface area (Å²) in [6.07, 6.45) is 1.77. The molecular formula is C23H43N3O5. The van der Waals surface area contributed by atoms with Crippen molar-refractivity contribution in [2.24, 2.45) is 11.5 Å². The molecule has 0 saturated carbocycles. The van der Waals surface area contributed by atoms with Crippen molar-refractivity contribution in [1.82, 2.24) is 0 Å². The zero-order chi connectivity index (χ0) is 22.4. The second-order valence-corrected chi connectivity index (χ2v) is 7.17. The minimum absolute atomic E-state index is 0.567. The summed E-state index contributed by atoms with van der Waals surface area (Å²) < 4.78 is 27.8. The lowest BCUT2D eigenvalue weighted by atomic mass is 10.2. The van der Waals surface area contributed by atoms with Crippen molar-refractivity contribution in [2.45, 2.75) is 19.8 Å². The van der Waals surface area contributed by atoms with Gasteiger partial charge in [0.15, 0.2) is 0 Å². The zero-order valence-corrected chi connectivity index (χ0v) is 19.3. The van der Waals surface area contributed by atoms with Gasteiger partial charge in [0.05, 0.1) is 52.9 Å². The van der Waals surface area contributed by atoms with Gasteiger partial charge in [0.2, 0.25) is 0 Å². The number of nitrogens with zero attached hydrogens (tertiary/aromatic N) is 1. The Balaban J connectivity index is 2.18. The van der Waals surface area contributed by atoms with Gasteiger partial charge in [-0.25, -0.2) is 0 Å². The lowest BCUT2D eigenvalue weighted by Crippen LogP contribution is -2.31. The smallest absolute Gasteiger partial charge is 0.0701 e. The van der Waals surface area contributed by atoms with Crippen LogP contribution in [-0.2, 0) is 23.7 Å². The second-order valence-electron chi connectivity index (χ2n) is 7.17. The Bertz CT molecular complexity index is 522. The Morgan fingerprint density at radius 1 is 0.645 bits per heavy atom. The van der Waals surface area contributed by atoms with Gasteiger partial charge < -0.3 is 40.1 Å². The van der Waals surface area contributed by atoms with E-state index in [2.05, 4.69) is 36.1 Å². The molecule has 1 aromatic carbocycles. The fraction of sp³-hybridized carbons (Fsp3) is 0.739. The minimum Gasteiger partial charge on any atom is -0.379 e. The molecule has 0 atom stereocenters. The third-order valence-corrected chi connectivity index (χ3v) is 4.48. The van der Waals surface area contributed by atoms with E-state index in [0.29, 0.717) is 79.2 Å². The maximum Gasteiger partial charge on any atom is 0.0701 e. The number of ether oxygens (including phenoxy) is 5. The Morgan fingerprint density at radius 3 is 1.55 bits per heavy atom. The summed E-state index contributed by atoms with van der Waals surface area (Å²) >= 11 is 0. The van der Waals surface area contributed by atoms with Crippen LogP contribution in [0.15, 0.2) is 24.3 Å². The average Bonchev–Trinajstić information content (AvgIpc) is 2.77. The van der Waals surface area contributed by atoms with Gasteiger partial charge >= 0.3 is 0 Å². The number of aryl methyl sites for hydroxylation is 1. The van der Waals surface area contributed by atoms with Crippen molar-refractivity contribution in [3.8, 4) is 0 Å². The van der Waals surface area contributed by atoms with Gasteiger partial charge in [-0.3, -0.25) is 0 Å². The van der Waals surface area contributed by atoms with Gasteiger partial charge in [-0.15, -0.1) is 0 Å². The highest BCUT2D eigenvalue weighted by Crippen LogP contribution is 2.15. The lowest BCUT2D eigenvalue weighted by molar-refractivity contribution is 0.0154. The summed E-state index contributed by atoms with van der Waals surface area (Å²) in [5.41, 5.74) is 13.3. The molecule has 0 aliphatic carbocycles. The summed E-state index contributed by atoms with van der Waals surface area (Å²) in [5, 5.41) is 0. The molecule has 0 saturated heterocycles. The summed E-state index contributed by atoms with van der Waals surface area (Å²) in [4.78, 5) is 2.29. The number of benzene rings is 1. The molecule has 0 aliphatic rings. The van der Waals surface area contributed by atoms with Gasteiger partial charge in [-0.1, -0.05) is 12.1 Å². The van der Waals surface area contributed by atoms with Crippen LogP contribution < -0.4 is 16.4 Å². The monoisotopic (exact) mass is 441 g/mol. The highest BCUT2D eigenvalue weighted by molar-refractivity contribution is 5.48.